The predicted octanol–water partition coefficient (Wildman–Crippen LogP) is 2.04. The largest absolute Gasteiger partial charge is 0.462 e. The highest BCUT2D eigenvalue weighted by atomic mass is 35.5. The molecule has 0 saturated heterocycles. The Kier molecular flexibility index (Phi) is 5.01. The number of carbonyl (C=O) groups is 1. The molecular weight excluding hydrogens is 362 g/mol. The Morgan fingerprint density at radius 3 is 2.77 bits per heavy atom. The summed E-state index contributed by atoms with van der Waals surface area (Å²) in [5, 5.41) is 9.70. The molecule has 26 heavy (non-hydrogen) atoms. The molecule has 0 unspecified atom stereocenters. The molecule has 0 radical (unpaired) electrons. The van der Waals surface area contributed by atoms with Crippen molar-refractivity contribution in [2.45, 2.75) is 19.4 Å². The molecule has 1 aliphatic heterocycles. The lowest BCUT2D eigenvalue weighted by molar-refractivity contribution is -0.139. The maximum Gasteiger partial charge on any atom is 0.340 e. The highest BCUT2D eigenvalue weighted by Crippen LogP contribution is 2.43. The van der Waals surface area contributed by atoms with Gasteiger partial charge in [-0.3, -0.25) is 4.79 Å². The van der Waals surface area contributed by atoms with E-state index in [-0.39, 0.29) is 35.3 Å². The number of esters is 1. The number of hydrogen-bond donors (Lipinski definition) is 2. The van der Waals surface area contributed by atoms with Gasteiger partial charge in [0.15, 0.2) is 5.76 Å². The lowest BCUT2D eigenvalue weighted by Gasteiger charge is -2.27. The summed E-state index contributed by atoms with van der Waals surface area (Å²) in [5.41, 5.74) is 5.86. The number of rotatable bonds is 4. The molecule has 8 heteroatoms. The lowest BCUT2D eigenvalue weighted by atomic mass is 9.86. The molecule has 2 heterocycles. The van der Waals surface area contributed by atoms with E-state index in [1.165, 1.54) is 0 Å². The smallest absolute Gasteiger partial charge is 0.340 e. The number of halogens is 1. The van der Waals surface area contributed by atoms with Crippen molar-refractivity contribution in [2.24, 2.45) is 5.73 Å². The zero-order chi connectivity index (χ0) is 18.8. The van der Waals surface area contributed by atoms with Gasteiger partial charge in [0.25, 0.3) is 0 Å². The normalized spacial score (nSPS) is 16.0. The molecule has 7 nitrogen and oxygen atoms in total. The van der Waals surface area contributed by atoms with Crippen LogP contribution in [0.15, 0.2) is 51.0 Å². The van der Waals surface area contributed by atoms with Crippen molar-refractivity contribution < 1.29 is 23.8 Å². The van der Waals surface area contributed by atoms with Gasteiger partial charge in [0, 0.05) is 11.1 Å². The van der Waals surface area contributed by atoms with Gasteiger partial charge in [-0.2, -0.15) is 0 Å². The third-order valence-electron chi connectivity index (χ3n) is 3.88. The van der Waals surface area contributed by atoms with E-state index in [1.807, 2.05) is 0 Å². The lowest BCUT2D eigenvalue weighted by Crippen LogP contribution is -2.30. The number of benzene rings is 1. The molecule has 0 spiro atoms. The second-order valence-electron chi connectivity index (χ2n) is 5.48. The summed E-state index contributed by atoms with van der Waals surface area (Å²) < 4.78 is 16.1. The molecular formula is C18H16ClNO6. The second kappa shape index (κ2) is 7.23. The van der Waals surface area contributed by atoms with Crippen molar-refractivity contribution in [1.29, 1.82) is 0 Å². The third kappa shape index (κ3) is 3.07. The van der Waals surface area contributed by atoms with E-state index in [1.54, 1.807) is 31.2 Å². The van der Waals surface area contributed by atoms with Crippen molar-refractivity contribution in [3.8, 4) is 5.75 Å². The van der Waals surface area contributed by atoms with Crippen LogP contribution in [-0.2, 0) is 16.1 Å². The number of carbonyl (C=O) groups excluding carboxylic acids is 1. The zero-order valence-electron chi connectivity index (χ0n) is 13.8. The molecule has 0 bridgehead atoms. The molecule has 0 saturated carbocycles. The summed E-state index contributed by atoms with van der Waals surface area (Å²) in [5.74, 6) is -1.98. The molecule has 0 fully saturated rings. The van der Waals surface area contributed by atoms with Gasteiger partial charge in [-0.05, 0) is 18.6 Å². The van der Waals surface area contributed by atoms with Crippen LogP contribution in [0.5, 0.6) is 5.75 Å². The van der Waals surface area contributed by atoms with Crippen LogP contribution in [0.25, 0.3) is 0 Å². The van der Waals surface area contributed by atoms with E-state index in [4.69, 9.17) is 31.2 Å². The van der Waals surface area contributed by atoms with Crippen LogP contribution < -0.4 is 15.9 Å². The first-order chi connectivity index (χ1) is 12.5. The van der Waals surface area contributed by atoms with Gasteiger partial charge in [-0.15, -0.1) is 0 Å². The van der Waals surface area contributed by atoms with E-state index in [0.29, 0.717) is 10.6 Å². The Labute approximate surface area is 153 Å². The Balaban J connectivity index is 2.30. The predicted molar refractivity (Wildman–Crippen MR) is 92.7 cm³/mol. The quantitative estimate of drug-likeness (QED) is 0.784. The average Bonchev–Trinajstić information content (AvgIpc) is 2.62. The number of ether oxygens (including phenoxy) is 2. The Hall–Kier alpha value is -2.77. The summed E-state index contributed by atoms with van der Waals surface area (Å²) in [6, 6.07) is 7.87. The Bertz CT molecular complexity index is 949. The summed E-state index contributed by atoms with van der Waals surface area (Å²) in [7, 11) is 0. The van der Waals surface area contributed by atoms with Gasteiger partial charge in [0.1, 0.15) is 17.9 Å². The monoisotopic (exact) mass is 377 g/mol. The third-order valence-corrected chi connectivity index (χ3v) is 4.22. The topological polar surface area (TPSA) is 112 Å². The summed E-state index contributed by atoms with van der Waals surface area (Å²) in [6.45, 7) is 1.28. The Morgan fingerprint density at radius 2 is 2.12 bits per heavy atom. The van der Waals surface area contributed by atoms with Crippen LogP contribution >= 0.6 is 11.6 Å². The number of nitrogens with two attached hydrogens (primary N) is 1. The summed E-state index contributed by atoms with van der Waals surface area (Å²) in [4.78, 5) is 24.8. The van der Waals surface area contributed by atoms with Crippen molar-refractivity contribution in [1.82, 2.24) is 0 Å². The molecule has 3 N–H and O–H groups in total. The van der Waals surface area contributed by atoms with E-state index in [9.17, 15) is 14.7 Å². The first-order valence-corrected chi connectivity index (χ1v) is 8.22. The van der Waals surface area contributed by atoms with Gasteiger partial charge in [-0.1, -0.05) is 29.8 Å². The van der Waals surface area contributed by atoms with Crippen LogP contribution in [0.4, 0.5) is 0 Å². The van der Waals surface area contributed by atoms with Crippen LogP contribution in [0.2, 0.25) is 5.02 Å². The molecule has 1 atom stereocenters. The van der Waals surface area contributed by atoms with Gasteiger partial charge in [0.2, 0.25) is 17.1 Å². The fraction of sp³-hybridized carbons (Fsp3) is 0.222. The minimum absolute atomic E-state index is 0.0225. The standard InChI is InChI=1S/C18H16ClNO6/c1-2-24-18(23)14-13(10-5-3-4-6-11(10)19)16-15(26-17(14)20)12(22)7-9(8-21)25-16/h3-7,13,21H,2,8,20H2,1H3/t13-/m0/s1. The Morgan fingerprint density at radius 1 is 1.38 bits per heavy atom. The van der Waals surface area contributed by atoms with Crippen molar-refractivity contribution >= 4 is 17.6 Å². The molecule has 136 valence electrons. The van der Waals surface area contributed by atoms with Crippen molar-refractivity contribution in [3.05, 3.63) is 74.1 Å². The highest BCUT2D eigenvalue weighted by molar-refractivity contribution is 6.31. The molecule has 3 rings (SSSR count). The molecule has 0 aliphatic carbocycles. The van der Waals surface area contributed by atoms with E-state index >= 15 is 0 Å². The maximum atomic E-state index is 12.5. The SMILES string of the molecule is CCOC(=O)C1=C(N)Oc2c(oc(CO)cc2=O)[C@H]1c1ccccc1Cl. The van der Waals surface area contributed by atoms with Crippen LogP contribution in [0.1, 0.15) is 29.9 Å². The number of aliphatic hydroxyl groups excluding tert-OH is 1. The van der Waals surface area contributed by atoms with Gasteiger partial charge >= 0.3 is 5.97 Å². The second-order valence-corrected chi connectivity index (χ2v) is 5.89. The van der Waals surface area contributed by atoms with Crippen molar-refractivity contribution in [2.75, 3.05) is 6.61 Å². The first kappa shape index (κ1) is 18.0. The summed E-state index contributed by atoms with van der Waals surface area (Å²) in [6.07, 6.45) is 0. The number of aliphatic hydroxyl groups is 1. The van der Waals surface area contributed by atoms with E-state index in [0.717, 1.165) is 6.07 Å². The van der Waals surface area contributed by atoms with Crippen LogP contribution in [0, 0.1) is 0 Å². The van der Waals surface area contributed by atoms with Gasteiger partial charge in [0.05, 0.1) is 12.5 Å². The molecule has 0 amide bonds. The fourth-order valence-corrected chi connectivity index (χ4v) is 3.04. The van der Waals surface area contributed by atoms with Gasteiger partial charge in [-0.25, -0.2) is 4.79 Å². The van der Waals surface area contributed by atoms with E-state index < -0.39 is 23.9 Å². The van der Waals surface area contributed by atoms with Crippen LogP contribution in [-0.4, -0.2) is 17.7 Å². The van der Waals surface area contributed by atoms with Gasteiger partial charge < -0.3 is 24.7 Å². The number of hydrogen-bond acceptors (Lipinski definition) is 7. The molecule has 1 aliphatic rings. The number of fused-ring (bicyclic) bond motifs is 1. The minimum atomic E-state index is -0.911. The van der Waals surface area contributed by atoms with Crippen molar-refractivity contribution in [3.63, 3.8) is 0 Å². The molecule has 1 aromatic heterocycles. The van der Waals surface area contributed by atoms with E-state index in [2.05, 4.69) is 0 Å². The highest BCUT2D eigenvalue weighted by Gasteiger charge is 2.40. The molecule has 2 aromatic rings. The summed E-state index contributed by atoms with van der Waals surface area (Å²) >= 11 is 6.31. The minimum Gasteiger partial charge on any atom is -0.462 e. The maximum absolute atomic E-state index is 12.5. The molecule has 1 aromatic carbocycles. The zero-order valence-corrected chi connectivity index (χ0v) is 14.6. The fourth-order valence-electron chi connectivity index (χ4n) is 2.79. The average molecular weight is 378 g/mol. The first-order valence-electron chi connectivity index (χ1n) is 7.84. The van der Waals surface area contributed by atoms with Crippen LogP contribution in [0.3, 0.4) is 0 Å².